The summed E-state index contributed by atoms with van der Waals surface area (Å²) in [5.74, 6) is 0.519. The molecule has 5 nitrogen and oxygen atoms in total. The second-order valence-electron chi connectivity index (χ2n) is 6.05. The van der Waals surface area contributed by atoms with Gasteiger partial charge in [0.25, 0.3) is 0 Å². The minimum absolute atomic E-state index is 0.0181. The van der Waals surface area contributed by atoms with E-state index in [4.69, 9.17) is 0 Å². The third-order valence-corrected chi connectivity index (χ3v) is 3.92. The second kappa shape index (κ2) is 4.88. The van der Waals surface area contributed by atoms with E-state index in [9.17, 15) is 9.59 Å². The Bertz CT molecular complexity index is 354. The first kappa shape index (κ1) is 13.3. The van der Waals surface area contributed by atoms with Crippen molar-refractivity contribution in [1.29, 1.82) is 0 Å². The van der Waals surface area contributed by atoms with Gasteiger partial charge in [-0.15, -0.1) is 0 Å². The van der Waals surface area contributed by atoms with Crippen LogP contribution < -0.4 is 5.32 Å². The van der Waals surface area contributed by atoms with E-state index in [1.54, 1.807) is 4.90 Å². The predicted octanol–water partition coefficient (Wildman–Crippen LogP) is 0.0620. The van der Waals surface area contributed by atoms with Crippen LogP contribution in [0.1, 0.15) is 26.7 Å². The number of piperazine rings is 1. The Morgan fingerprint density at radius 1 is 1.39 bits per heavy atom. The maximum atomic E-state index is 12.3. The standard InChI is InChI=1S/C13H23N3O2/c1-8(2)5-10-13(18)16-7-9(15(3)4)6-11(16)12(17)14-10/h8-11H,5-7H2,1-4H3,(H,14,17)/t9-,10+,11+/m1/s1. The monoisotopic (exact) mass is 253 g/mol. The summed E-state index contributed by atoms with van der Waals surface area (Å²) in [6.45, 7) is 4.81. The van der Waals surface area contributed by atoms with E-state index >= 15 is 0 Å². The zero-order chi connectivity index (χ0) is 13.4. The summed E-state index contributed by atoms with van der Waals surface area (Å²) in [7, 11) is 3.99. The number of nitrogens with zero attached hydrogens (tertiary/aromatic N) is 2. The molecule has 18 heavy (non-hydrogen) atoms. The molecular formula is C13H23N3O2. The largest absolute Gasteiger partial charge is 0.342 e. The number of rotatable bonds is 3. The lowest BCUT2D eigenvalue weighted by Gasteiger charge is -2.35. The molecular weight excluding hydrogens is 230 g/mol. The maximum absolute atomic E-state index is 12.3. The molecule has 0 saturated carbocycles. The molecule has 2 heterocycles. The number of likely N-dealkylation sites (N-methyl/N-ethyl adjacent to an activating group) is 1. The SMILES string of the molecule is CC(C)C[C@@H]1NC(=O)[C@@H]2C[C@@H](N(C)C)CN2C1=O. The molecule has 0 aromatic rings. The van der Waals surface area contributed by atoms with Gasteiger partial charge < -0.3 is 15.1 Å². The molecule has 102 valence electrons. The van der Waals surface area contributed by atoms with Gasteiger partial charge in [-0.2, -0.15) is 0 Å². The Kier molecular flexibility index (Phi) is 3.61. The van der Waals surface area contributed by atoms with Crippen LogP contribution in [0.15, 0.2) is 0 Å². The van der Waals surface area contributed by atoms with Crippen molar-refractivity contribution < 1.29 is 9.59 Å². The highest BCUT2D eigenvalue weighted by atomic mass is 16.2. The summed E-state index contributed by atoms with van der Waals surface area (Å²) < 4.78 is 0. The lowest BCUT2D eigenvalue weighted by molar-refractivity contribution is -0.147. The van der Waals surface area contributed by atoms with Gasteiger partial charge >= 0.3 is 0 Å². The molecule has 0 spiro atoms. The Morgan fingerprint density at radius 3 is 2.61 bits per heavy atom. The number of hydrogen-bond acceptors (Lipinski definition) is 3. The van der Waals surface area contributed by atoms with E-state index in [1.807, 2.05) is 14.1 Å². The van der Waals surface area contributed by atoms with Crippen LogP contribution in [0, 0.1) is 5.92 Å². The number of carbonyl (C=O) groups excluding carboxylic acids is 2. The molecule has 2 amide bonds. The normalized spacial score (nSPS) is 32.1. The highest BCUT2D eigenvalue weighted by molar-refractivity contribution is 5.97. The Morgan fingerprint density at radius 2 is 2.06 bits per heavy atom. The van der Waals surface area contributed by atoms with Gasteiger partial charge in [0, 0.05) is 12.6 Å². The smallest absolute Gasteiger partial charge is 0.245 e. The molecule has 0 aromatic heterocycles. The fourth-order valence-corrected chi connectivity index (χ4v) is 2.84. The van der Waals surface area contributed by atoms with Crippen LogP contribution in [0.3, 0.4) is 0 Å². The summed E-state index contributed by atoms with van der Waals surface area (Å²) in [6, 6.07) is -0.287. The molecule has 2 rings (SSSR count). The number of hydrogen-bond donors (Lipinski definition) is 1. The lowest BCUT2D eigenvalue weighted by Crippen LogP contribution is -2.61. The average Bonchev–Trinajstić information content (AvgIpc) is 2.70. The molecule has 2 saturated heterocycles. The first-order valence-electron chi connectivity index (χ1n) is 6.67. The highest BCUT2D eigenvalue weighted by Crippen LogP contribution is 2.26. The van der Waals surface area contributed by atoms with Crippen LogP contribution in [0.2, 0.25) is 0 Å². The Balaban J connectivity index is 2.11. The van der Waals surface area contributed by atoms with Gasteiger partial charge in [-0.3, -0.25) is 9.59 Å². The second-order valence-corrected chi connectivity index (χ2v) is 6.05. The van der Waals surface area contributed by atoms with Crippen molar-refractivity contribution >= 4 is 11.8 Å². The van der Waals surface area contributed by atoms with Crippen LogP contribution in [-0.4, -0.2) is 60.4 Å². The van der Waals surface area contributed by atoms with Crippen molar-refractivity contribution in [1.82, 2.24) is 15.1 Å². The zero-order valence-corrected chi connectivity index (χ0v) is 11.6. The van der Waals surface area contributed by atoms with E-state index < -0.39 is 0 Å². The fraction of sp³-hybridized carbons (Fsp3) is 0.846. The van der Waals surface area contributed by atoms with Gasteiger partial charge in [0.15, 0.2) is 0 Å². The first-order valence-corrected chi connectivity index (χ1v) is 6.67. The van der Waals surface area contributed by atoms with Gasteiger partial charge in [0.1, 0.15) is 12.1 Å². The molecule has 3 atom stereocenters. The van der Waals surface area contributed by atoms with Gasteiger partial charge in [-0.25, -0.2) is 0 Å². The summed E-state index contributed by atoms with van der Waals surface area (Å²) in [5.41, 5.74) is 0. The molecule has 0 aromatic carbocycles. The van der Waals surface area contributed by atoms with Crippen molar-refractivity contribution in [2.45, 2.75) is 44.8 Å². The molecule has 0 bridgehead atoms. The van der Waals surface area contributed by atoms with Crippen LogP contribution in [0.4, 0.5) is 0 Å². The summed E-state index contributed by atoms with van der Waals surface area (Å²) in [5, 5.41) is 2.88. The topological polar surface area (TPSA) is 52.7 Å². The van der Waals surface area contributed by atoms with Gasteiger partial charge in [0.2, 0.25) is 11.8 Å². The molecule has 0 aliphatic carbocycles. The number of nitrogens with one attached hydrogen (secondary N) is 1. The lowest BCUT2D eigenvalue weighted by atomic mass is 9.99. The fourth-order valence-electron chi connectivity index (χ4n) is 2.84. The first-order chi connectivity index (χ1) is 8.40. The van der Waals surface area contributed by atoms with Gasteiger partial charge in [0.05, 0.1) is 0 Å². The van der Waals surface area contributed by atoms with E-state index in [1.165, 1.54) is 0 Å². The van der Waals surface area contributed by atoms with E-state index in [-0.39, 0.29) is 23.9 Å². The van der Waals surface area contributed by atoms with E-state index in [2.05, 4.69) is 24.1 Å². The van der Waals surface area contributed by atoms with Crippen molar-refractivity contribution in [3.05, 3.63) is 0 Å². The predicted molar refractivity (Wildman–Crippen MR) is 69.0 cm³/mol. The van der Waals surface area contributed by atoms with E-state index in [0.29, 0.717) is 18.5 Å². The van der Waals surface area contributed by atoms with Crippen LogP contribution in [0.25, 0.3) is 0 Å². The van der Waals surface area contributed by atoms with E-state index in [0.717, 1.165) is 12.8 Å². The average molecular weight is 253 g/mol. The number of amides is 2. The minimum atomic E-state index is -0.324. The van der Waals surface area contributed by atoms with Crippen molar-refractivity contribution in [3.8, 4) is 0 Å². The minimum Gasteiger partial charge on any atom is -0.342 e. The molecule has 5 heteroatoms. The Hall–Kier alpha value is -1.10. The van der Waals surface area contributed by atoms with Crippen molar-refractivity contribution in [2.24, 2.45) is 5.92 Å². The number of fused-ring (bicyclic) bond motifs is 1. The Labute approximate surface area is 108 Å². The van der Waals surface area contributed by atoms with Crippen LogP contribution in [-0.2, 0) is 9.59 Å². The molecule has 2 aliphatic rings. The summed E-state index contributed by atoms with van der Waals surface area (Å²) in [6.07, 6.45) is 1.47. The van der Waals surface area contributed by atoms with Gasteiger partial charge in [-0.1, -0.05) is 13.8 Å². The quantitative estimate of drug-likeness (QED) is 0.774. The van der Waals surface area contributed by atoms with Crippen molar-refractivity contribution in [3.63, 3.8) is 0 Å². The number of carbonyl (C=O) groups is 2. The van der Waals surface area contributed by atoms with Gasteiger partial charge in [-0.05, 0) is 32.9 Å². The van der Waals surface area contributed by atoms with Crippen LogP contribution >= 0.6 is 0 Å². The highest BCUT2D eigenvalue weighted by Gasteiger charge is 2.46. The third kappa shape index (κ3) is 2.36. The molecule has 0 radical (unpaired) electrons. The van der Waals surface area contributed by atoms with Crippen LogP contribution in [0.5, 0.6) is 0 Å². The molecule has 2 aliphatic heterocycles. The third-order valence-electron chi connectivity index (χ3n) is 3.92. The summed E-state index contributed by atoms with van der Waals surface area (Å²) >= 11 is 0. The van der Waals surface area contributed by atoms with Crippen molar-refractivity contribution in [2.75, 3.05) is 20.6 Å². The molecule has 0 unspecified atom stereocenters. The molecule has 1 N–H and O–H groups in total. The zero-order valence-electron chi connectivity index (χ0n) is 11.6. The maximum Gasteiger partial charge on any atom is 0.245 e. The molecule has 2 fully saturated rings. The summed E-state index contributed by atoms with van der Waals surface area (Å²) in [4.78, 5) is 28.3.